The largest absolute Gasteiger partial charge is 0.493 e. The summed E-state index contributed by atoms with van der Waals surface area (Å²) < 4.78 is 14.0. The van der Waals surface area contributed by atoms with Crippen molar-refractivity contribution < 1.29 is 9.47 Å². The van der Waals surface area contributed by atoms with E-state index in [0.717, 1.165) is 54.6 Å². The minimum absolute atomic E-state index is 0. The first-order valence-corrected chi connectivity index (χ1v) is 11.3. The van der Waals surface area contributed by atoms with E-state index in [-0.39, 0.29) is 30.1 Å². The van der Waals surface area contributed by atoms with Crippen LogP contribution in [0.4, 0.5) is 0 Å². The third kappa shape index (κ3) is 7.28. The van der Waals surface area contributed by atoms with Crippen LogP contribution >= 0.6 is 24.0 Å². The van der Waals surface area contributed by atoms with E-state index in [4.69, 9.17) is 9.47 Å². The number of nitrogens with zero attached hydrogens (tertiary/aromatic N) is 3. The quantitative estimate of drug-likeness (QED) is 0.272. The molecule has 0 bridgehead atoms. The number of hydrogen-bond acceptors (Lipinski definition) is 4. The molecule has 1 aliphatic carbocycles. The average molecular weight is 556 g/mol. The number of aromatic nitrogens is 2. The molecule has 1 unspecified atom stereocenters. The third-order valence-corrected chi connectivity index (χ3v) is 5.74. The topological polar surface area (TPSA) is 72.7 Å². The first kappa shape index (κ1) is 26.3. The number of halogens is 1. The van der Waals surface area contributed by atoms with Crippen LogP contribution in [0, 0.1) is 19.8 Å². The molecule has 178 valence electrons. The number of aryl methyl sites for hydroxylation is 2. The van der Waals surface area contributed by atoms with Gasteiger partial charge in [-0.3, -0.25) is 9.67 Å². The summed E-state index contributed by atoms with van der Waals surface area (Å²) in [6.07, 6.45) is 4.98. The SMILES string of the molecule is CN=C(NCc1cccc(OC)c1OC1CCCC1)NCC(C)Cn1nc(C)cc1C.I. The predicted molar refractivity (Wildman–Crippen MR) is 140 cm³/mol. The molecule has 1 aromatic carbocycles. The Morgan fingerprint density at radius 2 is 2.00 bits per heavy atom. The molecular weight excluding hydrogens is 517 g/mol. The van der Waals surface area contributed by atoms with Gasteiger partial charge in [0, 0.05) is 37.9 Å². The Morgan fingerprint density at radius 3 is 2.62 bits per heavy atom. The van der Waals surface area contributed by atoms with Crippen LogP contribution in [0.2, 0.25) is 0 Å². The number of methoxy groups -OCH3 is 1. The molecule has 8 heteroatoms. The van der Waals surface area contributed by atoms with E-state index in [1.54, 1.807) is 14.2 Å². The number of aliphatic imine (C=N–C) groups is 1. The fourth-order valence-electron chi connectivity index (χ4n) is 4.06. The van der Waals surface area contributed by atoms with Gasteiger partial charge in [0.05, 0.1) is 18.9 Å². The molecule has 1 heterocycles. The summed E-state index contributed by atoms with van der Waals surface area (Å²) in [5.41, 5.74) is 3.33. The van der Waals surface area contributed by atoms with Gasteiger partial charge >= 0.3 is 0 Å². The number of para-hydroxylation sites is 1. The van der Waals surface area contributed by atoms with Gasteiger partial charge in [0.15, 0.2) is 17.5 Å². The number of ether oxygens (including phenoxy) is 2. The van der Waals surface area contributed by atoms with Crippen LogP contribution in [0.3, 0.4) is 0 Å². The summed E-state index contributed by atoms with van der Waals surface area (Å²) in [4.78, 5) is 4.38. The van der Waals surface area contributed by atoms with Crippen LogP contribution in [0.25, 0.3) is 0 Å². The minimum Gasteiger partial charge on any atom is -0.493 e. The summed E-state index contributed by atoms with van der Waals surface area (Å²) in [7, 11) is 3.49. The molecule has 1 saturated carbocycles. The summed E-state index contributed by atoms with van der Waals surface area (Å²) in [6, 6.07) is 8.16. The van der Waals surface area contributed by atoms with Crippen molar-refractivity contribution in [1.29, 1.82) is 0 Å². The zero-order chi connectivity index (χ0) is 22.2. The molecule has 1 atom stereocenters. The number of hydrogen-bond donors (Lipinski definition) is 2. The maximum Gasteiger partial charge on any atom is 0.191 e. The van der Waals surface area contributed by atoms with Crippen molar-refractivity contribution in [1.82, 2.24) is 20.4 Å². The van der Waals surface area contributed by atoms with Gasteiger partial charge < -0.3 is 20.1 Å². The molecule has 32 heavy (non-hydrogen) atoms. The Hall–Kier alpha value is -1.97. The Morgan fingerprint density at radius 1 is 1.25 bits per heavy atom. The van der Waals surface area contributed by atoms with Gasteiger partial charge in [0.2, 0.25) is 0 Å². The van der Waals surface area contributed by atoms with Crippen molar-refractivity contribution in [3.63, 3.8) is 0 Å². The fraction of sp³-hybridized carbons (Fsp3) is 0.583. The van der Waals surface area contributed by atoms with Crippen molar-refractivity contribution in [3.8, 4) is 11.5 Å². The number of guanidine groups is 1. The first-order chi connectivity index (χ1) is 15.0. The molecule has 0 radical (unpaired) electrons. The lowest BCUT2D eigenvalue weighted by Gasteiger charge is -2.20. The lowest BCUT2D eigenvalue weighted by molar-refractivity contribution is 0.198. The van der Waals surface area contributed by atoms with E-state index in [1.165, 1.54) is 18.5 Å². The average Bonchev–Trinajstić information content (AvgIpc) is 3.38. The molecule has 1 aromatic heterocycles. The molecule has 3 rings (SSSR count). The van der Waals surface area contributed by atoms with Crippen LogP contribution in [0.1, 0.15) is 49.6 Å². The molecule has 2 aromatic rings. The summed E-state index contributed by atoms with van der Waals surface area (Å²) in [5, 5.41) is 11.4. The maximum absolute atomic E-state index is 6.34. The normalized spacial score (nSPS) is 15.2. The van der Waals surface area contributed by atoms with E-state index >= 15 is 0 Å². The summed E-state index contributed by atoms with van der Waals surface area (Å²) in [6.45, 7) is 8.64. The van der Waals surface area contributed by atoms with E-state index in [0.29, 0.717) is 12.5 Å². The summed E-state index contributed by atoms with van der Waals surface area (Å²) in [5.74, 6) is 2.81. The molecule has 1 fully saturated rings. The minimum atomic E-state index is 0. The van der Waals surface area contributed by atoms with Gasteiger partial charge in [0.1, 0.15) is 0 Å². The van der Waals surface area contributed by atoms with Gasteiger partial charge in [-0.25, -0.2) is 0 Å². The smallest absolute Gasteiger partial charge is 0.191 e. The second-order valence-electron chi connectivity index (χ2n) is 8.49. The molecule has 0 amide bonds. The molecule has 1 aliphatic rings. The fourth-order valence-corrected chi connectivity index (χ4v) is 4.06. The number of rotatable bonds is 9. The van der Waals surface area contributed by atoms with Crippen LogP contribution in [-0.4, -0.2) is 42.5 Å². The van der Waals surface area contributed by atoms with Crippen LogP contribution in [0.15, 0.2) is 29.3 Å². The van der Waals surface area contributed by atoms with Gasteiger partial charge in [-0.15, -0.1) is 24.0 Å². The van der Waals surface area contributed by atoms with Gasteiger partial charge in [-0.05, 0) is 57.6 Å². The highest BCUT2D eigenvalue weighted by atomic mass is 127. The number of benzene rings is 1. The molecule has 2 N–H and O–H groups in total. The van der Waals surface area contributed by atoms with Gasteiger partial charge in [-0.1, -0.05) is 19.1 Å². The molecule has 7 nitrogen and oxygen atoms in total. The number of nitrogens with one attached hydrogen (secondary N) is 2. The Kier molecular flexibility index (Phi) is 10.6. The predicted octanol–water partition coefficient (Wildman–Crippen LogP) is 4.45. The van der Waals surface area contributed by atoms with Crippen molar-refractivity contribution in [2.24, 2.45) is 10.9 Å². The molecule has 0 aliphatic heterocycles. The first-order valence-electron chi connectivity index (χ1n) is 11.3. The Bertz CT molecular complexity index is 877. The zero-order valence-electron chi connectivity index (χ0n) is 20.0. The van der Waals surface area contributed by atoms with Crippen molar-refractivity contribution in [2.45, 2.75) is 65.6 Å². The summed E-state index contributed by atoms with van der Waals surface area (Å²) >= 11 is 0. The standard InChI is InChI=1S/C24H37N5O2.HI/c1-17(16-29-19(3)13-18(2)28-29)14-26-24(25-4)27-15-20-9-8-12-22(30-5)23(20)31-21-10-6-7-11-21;/h8-9,12-13,17,21H,6-7,10-11,14-16H2,1-5H3,(H2,25,26,27);1H. The van der Waals surface area contributed by atoms with Crippen LogP contribution in [0.5, 0.6) is 11.5 Å². The third-order valence-electron chi connectivity index (χ3n) is 5.74. The van der Waals surface area contributed by atoms with E-state index in [9.17, 15) is 0 Å². The highest BCUT2D eigenvalue weighted by Crippen LogP contribution is 2.34. The van der Waals surface area contributed by atoms with Gasteiger partial charge in [0.25, 0.3) is 0 Å². The van der Waals surface area contributed by atoms with Crippen LogP contribution in [-0.2, 0) is 13.1 Å². The second kappa shape index (κ2) is 12.9. The Labute approximate surface area is 209 Å². The lowest BCUT2D eigenvalue weighted by Crippen LogP contribution is -2.39. The van der Waals surface area contributed by atoms with Crippen LogP contribution < -0.4 is 20.1 Å². The molecule has 0 spiro atoms. The lowest BCUT2D eigenvalue weighted by atomic mass is 10.1. The second-order valence-corrected chi connectivity index (χ2v) is 8.49. The zero-order valence-corrected chi connectivity index (χ0v) is 22.3. The highest BCUT2D eigenvalue weighted by Gasteiger charge is 2.20. The monoisotopic (exact) mass is 555 g/mol. The molecular formula is C24H38IN5O2. The van der Waals surface area contributed by atoms with Crippen molar-refractivity contribution in [2.75, 3.05) is 20.7 Å². The van der Waals surface area contributed by atoms with E-state index in [2.05, 4.69) is 51.4 Å². The van der Waals surface area contributed by atoms with E-state index in [1.807, 2.05) is 19.1 Å². The van der Waals surface area contributed by atoms with Crippen molar-refractivity contribution in [3.05, 3.63) is 41.2 Å². The van der Waals surface area contributed by atoms with E-state index < -0.39 is 0 Å². The van der Waals surface area contributed by atoms with Gasteiger partial charge in [-0.2, -0.15) is 5.10 Å². The maximum atomic E-state index is 6.34. The van der Waals surface area contributed by atoms with Crippen molar-refractivity contribution >= 4 is 29.9 Å². The molecule has 0 saturated heterocycles. The highest BCUT2D eigenvalue weighted by molar-refractivity contribution is 14.0. The Balaban J connectivity index is 0.00000363.